The largest absolute Gasteiger partial charge is 0.508 e. The van der Waals surface area contributed by atoms with Gasteiger partial charge in [0.25, 0.3) is 0 Å². The highest BCUT2D eigenvalue weighted by atomic mass is 35.5. The molecule has 116 valence electrons. The van der Waals surface area contributed by atoms with Crippen LogP contribution < -0.4 is 0 Å². The van der Waals surface area contributed by atoms with Crippen LogP contribution in [-0.2, 0) is 22.7 Å². The molecule has 0 radical (unpaired) electrons. The first-order valence-corrected chi connectivity index (χ1v) is 7.65. The lowest BCUT2D eigenvalue weighted by molar-refractivity contribution is 0.0447. The van der Waals surface area contributed by atoms with Crippen molar-refractivity contribution in [2.24, 2.45) is 0 Å². The summed E-state index contributed by atoms with van der Waals surface area (Å²) in [7, 11) is 0. The second kappa shape index (κ2) is 7.93. The lowest BCUT2D eigenvalue weighted by Crippen LogP contribution is -2.08. The van der Waals surface area contributed by atoms with Crippen LogP contribution in [-0.4, -0.2) is 6.16 Å². The molecule has 2 aromatic rings. The number of rotatable bonds is 4. The third-order valence-electron chi connectivity index (χ3n) is 2.75. The third kappa shape index (κ3) is 4.43. The van der Waals surface area contributed by atoms with Gasteiger partial charge in [-0.3, -0.25) is 0 Å². The average Bonchev–Trinajstić information content (AvgIpc) is 2.50. The Morgan fingerprint density at radius 2 is 1.18 bits per heavy atom. The van der Waals surface area contributed by atoms with Crippen LogP contribution in [0.1, 0.15) is 11.1 Å². The van der Waals surface area contributed by atoms with Gasteiger partial charge in [0.2, 0.25) is 0 Å². The summed E-state index contributed by atoms with van der Waals surface area (Å²) in [5.41, 5.74) is 1.18. The highest BCUT2D eigenvalue weighted by Crippen LogP contribution is 2.27. The maximum absolute atomic E-state index is 11.6. The number of ether oxygens (including phenoxy) is 2. The van der Waals surface area contributed by atoms with E-state index in [0.717, 1.165) is 0 Å². The van der Waals surface area contributed by atoms with Crippen LogP contribution >= 0.6 is 46.4 Å². The number of halogens is 4. The number of benzene rings is 2. The summed E-state index contributed by atoms with van der Waals surface area (Å²) in [6.07, 6.45) is -0.841. The molecule has 2 rings (SSSR count). The zero-order chi connectivity index (χ0) is 16.1. The summed E-state index contributed by atoms with van der Waals surface area (Å²) in [5, 5.41) is 1.47. The highest BCUT2D eigenvalue weighted by molar-refractivity contribution is 6.42. The fourth-order valence-corrected chi connectivity index (χ4v) is 2.38. The Morgan fingerprint density at radius 3 is 1.59 bits per heavy atom. The molecule has 7 heteroatoms. The molecule has 0 unspecified atom stereocenters. The minimum absolute atomic E-state index is 0.0402. The number of hydrogen-bond acceptors (Lipinski definition) is 3. The maximum Gasteiger partial charge on any atom is 0.508 e. The average molecular weight is 380 g/mol. The normalized spacial score (nSPS) is 10.4. The third-order valence-corrected chi connectivity index (χ3v) is 4.47. The molecule has 0 saturated carbocycles. The van der Waals surface area contributed by atoms with Gasteiger partial charge in [-0.25, -0.2) is 4.79 Å². The Morgan fingerprint density at radius 1 is 0.773 bits per heavy atom. The van der Waals surface area contributed by atoms with E-state index in [1.807, 2.05) is 0 Å². The van der Waals surface area contributed by atoms with Gasteiger partial charge in [-0.2, -0.15) is 0 Å². The van der Waals surface area contributed by atoms with Gasteiger partial charge in [-0.1, -0.05) is 70.7 Å². The molecule has 0 atom stereocenters. The van der Waals surface area contributed by atoms with Crippen molar-refractivity contribution in [2.75, 3.05) is 0 Å². The molecule has 0 amide bonds. The molecule has 22 heavy (non-hydrogen) atoms. The summed E-state index contributed by atoms with van der Waals surface area (Å²) < 4.78 is 9.95. The first-order chi connectivity index (χ1) is 10.5. The minimum Gasteiger partial charge on any atom is -0.429 e. The predicted octanol–water partition coefficient (Wildman–Crippen LogP) is 6.15. The standard InChI is InChI=1S/C15H10Cl4O3/c16-11-5-1-3-9(13(11)18)7-21-15(20)22-8-10-4-2-6-12(17)14(10)19/h1-6H,7-8H2. The molecule has 0 N–H and O–H groups in total. The first-order valence-electron chi connectivity index (χ1n) is 6.14. The monoisotopic (exact) mass is 378 g/mol. The van der Waals surface area contributed by atoms with Gasteiger partial charge in [0, 0.05) is 11.1 Å². The van der Waals surface area contributed by atoms with Gasteiger partial charge >= 0.3 is 6.16 Å². The number of carbonyl (C=O) groups excluding carboxylic acids is 1. The summed E-state index contributed by atoms with van der Waals surface area (Å²) in [6, 6.07) is 10.1. The van der Waals surface area contributed by atoms with E-state index in [9.17, 15) is 4.79 Å². The summed E-state index contributed by atoms with van der Waals surface area (Å²) in [5.74, 6) is 0. The molecule has 0 aliphatic heterocycles. The van der Waals surface area contributed by atoms with Crippen LogP contribution in [0.15, 0.2) is 36.4 Å². The van der Waals surface area contributed by atoms with Crippen molar-refractivity contribution < 1.29 is 14.3 Å². The van der Waals surface area contributed by atoms with Crippen LogP contribution in [0.2, 0.25) is 20.1 Å². The van der Waals surface area contributed by atoms with E-state index in [1.54, 1.807) is 36.4 Å². The Kier molecular flexibility index (Phi) is 6.21. The molecule has 0 saturated heterocycles. The molecule has 0 aliphatic carbocycles. The Bertz CT molecular complexity index is 631. The van der Waals surface area contributed by atoms with Gasteiger partial charge in [0.15, 0.2) is 0 Å². The van der Waals surface area contributed by atoms with Crippen LogP contribution in [0, 0.1) is 0 Å². The molecule has 0 aliphatic rings. The van der Waals surface area contributed by atoms with Gasteiger partial charge in [0.1, 0.15) is 13.2 Å². The van der Waals surface area contributed by atoms with Gasteiger partial charge < -0.3 is 9.47 Å². The summed E-state index contributed by atoms with van der Waals surface area (Å²) in [4.78, 5) is 11.6. The molecule has 3 nitrogen and oxygen atoms in total. The van der Waals surface area contributed by atoms with Gasteiger partial charge in [-0.05, 0) is 12.1 Å². The van der Waals surface area contributed by atoms with Crippen molar-refractivity contribution in [3.8, 4) is 0 Å². The summed E-state index contributed by atoms with van der Waals surface area (Å²) >= 11 is 23.7. The zero-order valence-corrected chi connectivity index (χ0v) is 14.1. The van der Waals surface area contributed by atoms with Crippen molar-refractivity contribution in [2.45, 2.75) is 13.2 Å². The Labute approximate surface area is 147 Å². The lowest BCUT2D eigenvalue weighted by Gasteiger charge is -2.09. The lowest BCUT2D eigenvalue weighted by atomic mass is 10.2. The second-order valence-electron chi connectivity index (χ2n) is 4.25. The Balaban J connectivity index is 1.88. The van der Waals surface area contributed by atoms with Gasteiger partial charge in [0.05, 0.1) is 20.1 Å². The molecule has 0 spiro atoms. The van der Waals surface area contributed by atoms with E-state index in [0.29, 0.717) is 31.2 Å². The molecule has 2 aromatic carbocycles. The van der Waals surface area contributed by atoms with Crippen molar-refractivity contribution in [3.63, 3.8) is 0 Å². The van der Waals surface area contributed by atoms with E-state index in [2.05, 4.69) is 0 Å². The quantitative estimate of drug-likeness (QED) is 0.597. The smallest absolute Gasteiger partial charge is 0.429 e. The SMILES string of the molecule is O=C(OCc1cccc(Cl)c1Cl)OCc1cccc(Cl)c1Cl. The molecule has 0 aromatic heterocycles. The van der Waals surface area contributed by atoms with Crippen molar-refractivity contribution in [1.82, 2.24) is 0 Å². The van der Waals surface area contributed by atoms with Crippen LogP contribution in [0.3, 0.4) is 0 Å². The minimum atomic E-state index is -0.841. The fraction of sp³-hybridized carbons (Fsp3) is 0.133. The molecule has 0 bridgehead atoms. The van der Waals surface area contributed by atoms with Crippen LogP contribution in [0.5, 0.6) is 0 Å². The maximum atomic E-state index is 11.6. The van der Waals surface area contributed by atoms with Crippen LogP contribution in [0.4, 0.5) is 4.79 Å². The molecular weight excluding hydrogens is 370 g/mol. The number of hydrogen-bond donors (Lipinski definition) is 0. The van der Waals surface area contributed by atoms with Crippen molar-refractivity contribution >= 4 is 52.6 Å². The predicted molar refractivity (Wildman–Crippen MR) is 87.9 cm³/mol. The topological polar surface area (TPSA) is 35.5 Å². The van der Waals surface area contributed by atoms with E-state index < -0.39 is 6.16 Å². The van der Waals surface area contributed by atoms with Crippen molar-refractivity contribution in [3.05, 3.63) is 67.6 Å². The van der Waals surface area contributed by atoms with E-state index in [-0.39, 0.29) is 13.2 Å². The first kappa shape index (κ1) is 17.2. The fourth-order valence-electron chi connectivity index (χ4n) is 1.63. The molecule has 0 fully saturated rings. The second-order valence-corrected chi connectivity index (χ2v) is 5.82. The number of carbonyl (C=O) groups is 1. The summed E-state index contributed by atoms with van der Waals surface area (Å²) in [6.45, 7) is -0.0803. The Hall–Kier alpha value is -1.13. The molecular formula is C15H10Cl4O3. The molecule has 0 heterocycles. The van der Waals surface area contributed by atoms with Gasteiger partial charge in [-0.15, -0.1) is 0 Å². The van der Waals surface area contributed by atoms with Crippen molar-refractivity contribution in [1.29, 1.82) is 0 Å². The van der Waals surface area contributed by atoms with E-state index in [4.69, 9.17) is 55.9 Å². The van der Waals surface area contributed by atoms with E-state index in [1.165, 1.54) is 0 Å². The van der Waals surface area contributed by atoms with E-state index >= 15 is 0 Å². The van der Waals surface area contributed by atoms with Crippen LogP contribution in [0.25, 0.3) is 0 Å². The highest BCUT2D eigenvalue weighted by Gasteiger charge is 2.11. The zero-order valence-electron chi connectivity index (χ0n) is 11.1.